The Labute approximate surface area is 180 Å². The molecule has 1 atom stereocenters. The summed E-state index contributed by atoms with van der Waals surface area (Å²) in [6, 6.07) is 12.9. The number of amides is 1. The molecule has 1 aliphatic rings. The van der Waals surface area contributed by atoms with Gasteiger partial charge in [-0.1, -0.05) is 49.2 Å². The molecule has 2 aromatic rings. The summed E-state index contributed by atoms with van der Waals surface area (Å²) in [6.45, 7) is 3.97. The summed E-state index contributed by atoms with van der Waals surface area (Å²) in [5.74, 6) is 0.176. The zero-order valence-electron chi connectivity index (χ0n) is 16.7. The van der Waals surface area contributed by atoms with Crippen LogP contribution in [0.5, 0.6) is 5.75 Å². The molecule has 1 aliphatic heterocycles. The Balaban J connectivity index is 1.59. The molecule has 0 bridgehead atoms. The lowest BCUT2D eigenvalue weighted by molar-refractivity contribution is -0.118. The number of carbonyl (C=O) groups excluding carboxylic acids is 1. The van der Waals surface area contributed by atoms with Crippen molar-refractivity contribution in [3.05, 3.63) is 59.7 Å². The quantitative estimate of drug-likeness (QED) is 0.378. The van der Waals surface area contributed by atoms with Crippen molar-refractivity contribution in [3.8, 4) is 5.75 Å². The highest BCUT2D eigenvalue weighted by atomic mass is 32.2. The highest BCUT2D eigenvalue weighted by Gasteiger charge is 2.29. The van der Waals surface area contributed by atoms with E-state index < -0.39 is 10.1 Å². The van der Waals surface area contributed by atoms with Gasteiger partial charge in [0.1, 0.15) is 10.6 Å². The number of thioether (sulfide) groups is 1. The molecule has 3 rings (SSSR count). The number of amidine groups is 1. The Bertz CT molecular complexity index is 1050. The molecule has 0 radical (unpaired) electrons. The summed E-state index contributed by atoms with van der Waals surface area (Å²) >= 11 is 1.39. The number of unbranched alkanes of at least 4 members (excludes halogenated alkanes) is 1. The van der Waals surface area contributed by atoms with Crippen LogP contribution in [0.2, 0.25) is 0 Å². The van der Waals surface area contributed by atoms with Crippen LogP contribution in [-0.2, 0) is 14.9 Å². The Hall–Kier alpha value is -2.65. The van der Waals surface area contributed by atoms with E-state index in [4.69, 9.17) is 4.18 Å². The molecule has 1 heterocycles. The summed E-state index contributed by atoms with van der Waals surface area (Å²) < 4.78 is 29.8. The van der Waals surface area contributed by atoms with Gasteiger partial charge in [0.25, 0.3) is 0 Å². The summed E-state index contributed by atoms with van der Waals surface area (Å²) in [5, 5.41) is 11.2. The zero-order chi connectivity index (χ0) is 21.6. The SMILES string of the molecule is CCCC[C@H]1S/C(=N\N=C/c2ccc(OS(=O)(=O)c3ccc(C)cc3)cc2)NC1=O. The average Bonchev–Trinajstić information content (AvgIpc) is 3.07. The number of carbonyl (C=O) groups is 1. The molecular formula is C21H23N3O4S2. The molecule has 0 spiro atoms. The summed E-state index contributed by atoms with van der Waals surface area (Å²) in [6.07, 6.45) is 4.39. The van der Waals surface area contributed by atoms with Crippen molar-refractivity contribution in [1.82, 2.24) is 5.32 Å². The average molecular weight is 446 g/mol. The number of nitrogens with zero attached hydrogens (tertiary/aromatic N) is 2. The first kappa shape index (κ1) is 22.0. The van der Waals surface area contributed by atoms with Gasteiger partial charge in [0, 0.05) is 0 Å². The largest absolute Gasteiger partial charge is 0.379 e. The molecule has 1 amide bonds. The Morgan fingerprint density at radius 3 is 2.50 bits per heavy atom. The van der Waals surface area contributed by atoms with Gasteiger partial charge in [-0.2, -0.15) is 13.5 Å². The maximum atomic E-state index is 12.3. The third kappa shape index (κ3) is 5.93. The van der Waals surface area contributed by atoms with Gasteiger partial charge in [0.15, 0.2) is 5.17 Å². The fourth-order valence-corrected chi connectivity index (χ4v) is 4.57. The summed E-state index contributed by atoms with van der Waals surface area (Å²) in [4.78, 5) is 12.0. The number of aryl methyl sites for hydroxylation is 1. The van der Waals surface area contributed by atoms with Gasteiger partial charge in [-0.3, -0.25) is 4.79 Å². The lowest BCUT2D eigenvalue weighted by atomic mass is 10.2. The minimum absolute atomic E-state index is 0.0290. The standard InChI is InChI=1S/C21H23N3O4S2/c1-3-4-5-19-20(25)23-21(29-19)24-22-14-16-8-10-17(11-9-16)28-30(26,27)18-12-6-15(2)7-13-18/h6-14,19H,3-5H2,1-2H3,(H,23,24,25)/b22-14-/t19-/m1/s1. The second-order valence-corrected chi connectivity index (χ2v) is 9.54. The molecular weight excluding hydrogens is 422 g/mol. The molecule has 7 nitrogen and oxygen atoms in total. The lowest BCUT2D eigenvalue weighted by Crippen LogP contribution is -2.24. The predicted octanol–water partition coefficient (Wildman–Crippen LogP) is 3.87. The highest BCUT2D eigenvalue weighted by Crippen LogP contribution is 2.24. The van der Waals surface area contributed by atoms with Crippen LogP contribution in [0.1, 0.15) is 37.3 Å². The van der Waals surface area contributed by atoms with Gasteiger partial charge in [-0.25, -0.2) is 0 Å². The van der Waals surface area contributed by atoms with Crippen LogP contribution in [0.4, 0.5) is 0 Å². The minimum Gasteiger partial charge on any atom is -0.379 e. The van der Waals surface area contributed by atoms with E-state index in [2.05, 4.69) is 22.4 Å². The number of nitrogens with one attached hydrogen (secondary N) is 1. The molecule has 0 aliphatic carbocycles. The molecule has 30 heavy (non-hydrogen) atoms. The van der Waals surface area contributed by atoms with E-state index in [-0.39, 0.29) is 21.8 Å². The third-order valence-electron chi connectivity index (χ3n) is 4.35. The van der Waals surface area contributed by atoms with Crippen molar-refractivity contribution < 1.29 is 17.4 Å². The first-order chi connectivity index (χ1) is 14.4. The van der Waals surface area contributed by atoms with Crippen LogP contribution in [0.15, 0.2) is 63.6 Å². The second kappa shape index (κ2) is 9.90. The first-order valence-electron chi connectivity index (χ1n) is 9.57. The highest BCUT2D eigenvalue weighted by molar-refractivity contribution is 8.15. The van der Waals surface area contributed by atoms with Crippen LogP contribution in [0, 0.1) is 6.92 Å². The molecule has 0 saturated carbocycles. The van der Waals surface area contributed by atoms with E-state index in [1.807, 2.05) is 6.92 Å². The van der Waals surface area contributed by atoms with E-state index in [9.17, 15) is 13.2 Å². The van der Waals surface area contributed by atoms with Crippen LogP contribution in [0.25, 0.3) is 0 Å². The van der Waals surface area contributed by atoms with Gasteiger partial charge >= 0.3 is 10.1 Å². The van der Waals surface area contributed by atoms with E-state index in [1.54, 1.807) is 36.4 Å². The fourth-order valence-electron chi connectivity index (χ4n) is 2.67. The molecule has 158 valence electrons. The van der Waals surface area contributed by atoms with Gasteiger partial charge < -0.3 is 9.50 Å². The van der Waals surface area contributed by atoms with E-state index in [0.29, 0.717) is 5.17 Å². The van der Waals surface area contributed by atoms with Crippen molar-refractivity contribution in [2.75, 3.05) is 0 Å². The Morgan fingerprint density at radius 2 is 1.83 bits per heavy atom. The van der Waals surface area contributed by atoms with Crippen molar-refractivity contribution in [3.63, 3.8) is 0 Å². The predicted molar refractivity (Wildman–Crippen MR) is 120 cm³/mol. The second-order valence-electron chi connectivity index (χ2n) is 6.81. The number of rotatable bonds is 8. The summed E-state index contributed by atoms with van der Waals surface area (Å²) in [7, 11) is -3.89. The molecule has 0 aromatic heterocycles. The number of benzene rings is 2. The zero-order valence-corrected chi connectivity index (χ0v) is 18.4. The molecule has 1 fully saturated rings. The lowest BCUT2D eigenvalue weighted by Gasteiger charge is -2.07. The van der Waals surface area contributed by atoms with Crippen molar-refractivity contribution >= 4 is 39.2 Å². The molecule has 0 unspecified atom stereocenters. The minimum atomic E-state index is -3.89. The Kier molecular flexibility index (Phi) is 7.28. The van der Waals surface area contributed by atoms with Crippen LogP contribution >= 0.6 is 11.8 Å². The van der Waals surface area contributed by atoms with E-state index in [0.717, 1.165) is 30.4 Å². The van der Waals surface area contributed by atoms with Crippen molar-refractivity contribution in [2.24, 2.45) is 10.2 Å². The van der Waals surface area contributed by atoms with Crippen molar-refractivity contribution in [1.29, 1.82) is 0 Å². The van der Waals surface area contributed by atoms with E-state index in [1.165, 1.54) is 30.1 Å². The molecule has 1 saturated heterocycles. The van der Waals surface area contributed by atoms with Crippen LogP contribution < -0.4 is 9.50 Å². The van der Waals surface area contributed by atoms with Crippen LogP contribution in [0.3, 0.4) is 0 Å². The molecule has 9 heteroatoms. The maximum absolute atomic E-state index is 12.3. The topological polar surface area (TPSA) is 97.2 Å². The van der Waals surface area contributed by atoms with Gasteiger partial charge in [-0.15, -0.1) is 5.10 Å². The monoisotopic (exact) mass is 445 g/mol. The third-order valence-corrected chi connectivity index (χ3v) is 6.75. The van der Waals surface area contributed by atoms with Crippen molar-refractivity contribution in [2.45, 2.75) is 43.3 Å². The number of hydrogen-bond donors (Lipinski definition) is 1. The van der Waals surface area contributed by atoms with E-state index >= 15 is 0 Å². The normalized spacial score (nSPS) is 18.1. The fraction of sp³-hybridized carbons (Fsp3) is 0.286. The number of hydrogen-bond acceptors (Lipinski definition) is 7. The molecule has 2 aromatic carbocycles. The molecule has 1 N–H and O–H groups in total. The summed E-state index contributed by atoms with van der Waals surface area (Å²) in [5.41, 5.74) is 1.68. The van der Waals surface area contributed by atoms with Gasteiger partial charge in [-0.05, 0) is 55.3 Å². The smallest absolute Gasteiger partial charge is 0.339 e. The van der Waals surface area contributed by atoms with Gasteiger partial charge in [0.05, 0.1) is 11.5 Å². The van der Waals surface area contributed by atoms with Gasteiger partial charge in [0.2, 0.25) is 5.91 Å². The maximum Gasteiger partial charge on any atom is 0.339 e. The first-order valence-corrected chi connectivity index (χ1v) is 11.9. The Morgan fingerprint density at radius 1 is 1.13 bits per heavy atom. The van der Waals surface area contributed by atoms with Crippen LogP contribution in [-0.4, -0.2) is 31.0 Å².